The van der Waals surface area contributed by atoms with Crippen molar-refractivity contribution in [1.29, 1.82) is 0 Å². The fourth-order valence-corrected chi connectivity index (χ4v) is 4.70. The van der Waals surface area contributed by atoms with E-state index in [-0.39, 0.29) is 12.6 Å². The average molecular weight is 334 g/mol. The van der Waals surface area contributed by atoms with Gasteiger partial charge in [0.25, 0.3) is 0 Å². The number of aliphatic hydroxyl groups is 1. The van der Waals surface area contributed by atoms with Crippen LogP contribution in [0, 0.1) is 6.92 Å². The van der Waals surface area contributed by atoms with Crippen LogP contribution in [-0.4, -0.2) is 37.0 Å². The summed E-state index contributed by atoms with van der Waals surface area (Å²) in [6, 6.07) is 4.85. The lowest BCUT2D eigenvalue weighted by Crippen LogP contribution is -2.37. The summed E-state index contributed by atoms with van der Waals surface area (Å²) in [7, 11) is -3.49. The summed E-state index contributed by atoms with van der Waals surface area (Å²) in [5.74, 6) is 0. The maximum absolute atomic E-state index is 12.5. The molecule has 1 saturated heterocycles. The fraction of sp³-hybridized carbons (Fsp3) is 0.500. The molecule has 1 N–H and O–H groups in total. The summed E-state index contributed by atoms with van der Waals surface area (Å²) in [5, 5.41) is 9.25. The molecule has 0 spiro atoms. The number of aryl methyl sites for hydroxylation is 1. The highest BCUT2D eigenvalue weighted by atomic mass is 79.9. The molecule has 1 aromatic carbocycles. The first kappa shape index (κ1) is 14.0. The number of hydrogen-bond acceptors (Lipinski definition) is 3. The SMILES string of the molecule is Cc1cc(Br)ccc1S(=O)(=O)N1CCC[C@H]1CO. The minimum atomic E-state index is -3.49. The third-order valence-electron chi connectivity index (χ3n) is 3.26. The second-order valence-corrected chi connectivity index (χ2v) is 7.28. The van der Waals surface area contributed by atoms with Gasteiger partial charge in [0.05, 0.1) is 11.5 Å². The van der Waals surface area contributed by atoms with Crippen LogP contribution in [0.3, 0.4) is 0 Å². The van der Waals surface area contributed by atoms with Crippen LogP contribution in [0.2, 0.25) is 0 Å². The van der Waals surface area contributed by atoms with E-state index in [0.717, 1.165) is 17.3 Å². The summed E-state index contributed by atoms with van der Waals surface area (Å²) >= 11 is 3.32. The van der Waals surface area contributed by atoms with Crippen molar-refractivity contribution >= 4 is 26.0 Å². The zero-order chi connectivity index (χ0) is 13.3. The van der Waals surface area contributed by atoms with Gasteiger partial charge in [-0.25, -0.2) is 8.42 Å². The summed E-state index contributed by atoms with van der Waals surface area (Å²) in [4.78, 5) is 0.325. The van der Waals surface area contributed by atoms with Gasteiger partial charge in [-0.1, -0.05) is 15.9 Å². The number of benzene rings is 1. The first-order valence-electron chi connectivity index (χ1n) is 5.85. The number of nitrogens with zero attached hydrogens (tertiary/aromatic N) is 1. The number of aliphatic hydroxyl groups excluding tert-OH is 1. The van der Waals surface area contributed by atoms with E-state index in [2.05, 4.69) is 15.9 Å². The van der Waals surface area contributed by atoms with Gasteiger partial charge >= 0.3 is 0 Å². The predicted molar refractivity (Wildman–Crippen MR) is 72.9 cm³/mol. The predicted octanol–water partition coefficient (Wildman–Crippen LogP) is 1.90. The fourth-order valence-electron chi connectivity index (χ4n) is 2.34. The summed E-state index contributed by atoms with van der Waals surface area (Å²) in [5.41, 5.74) is 0.716. The van der Waals surface area contributed by atoms with Crippen LogP contribution in [0.4, 0.5) is 0 Å². The monoisotopic (exact) mass is 333 g/mol. The number of halogens is 1. The van der Waals surface area contributed by atoms with Gasteiger partial charge in [0.2, 0.25) is 10.0 Å². The Balaban J connectivity index is 2.42. The molecule has 0 radical (unpaired) electrons. The Labute approximate surface area is 116 Å². The lowest BCUT2D eigenvalue weighted by atomic mass is 10.2. The number of hydrogen-bond donors (Lipinski definition) is 1. The Kier molecular flexibility index (Phi) is 4.11. The second kappa shape index (κ2) is 5.28. The molecule has 0 aromatic heterocycles. The van der Waals surface area contributed by atoms with E-state index in [1.54, 1.807) is 25.1 Å². The topological polar surface area (TPSA) is 57.6 Å². The highest BCUT2D eigenvalue weighted by Gasteiger charge is 2.35. The van der Waals surface area contributed by atoms with Crippen molar-refractivity contribution in [2.45, 2.75) is 30.7 Å². The van der Waals surface area contributed by atoms with Crippen LogP contribution in [0.15, 0.2) is 27.6 Å². The van der Waals surface area contributed by atoms with E-state index in [4.69, 9.17) is 0 Å². The first-order chi connectivity index (χ1) is 8.46. The van der Waals surface area contributed by atoms with E-state index in [9.17, 15) is 13.5 Å². The van der Waals surface area contributed by atoms with Crippen molar-refractivity contribution in [2.24, 2.45) is 0 Å². The van der Waals surface area contributed by atoms with E-state index < -0.39 is 10.0 Å². The third kappa shape index (κ3) is 2.47. The average Bonchev–Trinajstić information content (AvgIpc) is 2.76. The van der Waals surface area contributed by atoms with Crippen LogP contribution in [0.5, 0.6) is 0 Å². The maximum atomic E-state index is 12.5. The van der Waals surface area contributed by atoms with E-state index >= 15 is 0 Å². The highest BCUT2D eigenvalue weighted by Crippen LogP contribution is 2.28. The van der Waals surface area contributed by atoms with Crippen molar-refractivity contribution in [3.05, 3.63) is 28.2 Å². The van der Waals surface area contributed by atoms with Gasteiger partial charge in [0.15, 0.2) is 0 Å². The Morgan fingerprint density at radius 2 is 2.22 bits per heavy atom. The molecule has 18 heavy (non-hydrogen) atoms. The molecule has 0 saturated carbocycles. The summed E-state index contributed by atoms with van der Waals surface area (Å²) in [6.45, 7) is 2.15. The Hall–Kier alpha value is -0.430. The number of rotatable bonds is 3. The lowest BCUT2D eigenvalue weighted by Gasteiger charge is -2.23. The summed E-state index contributed by atoms with van der Waals surface area (Å²) in [6.07, 6.45) is 1.53. The van der Waals surface area contributed by atoms with Crippen molar-refractivity contribution in [1.82, 2.24) is 4.31 Å². The Bertz CT molecular complexity index is 544. The molecule has 0 unspecified atom stereocenters. The molecule has 1 heterocycles. The zero-order valence-electron chi connectivity index (χ0n) is 10.1. The minimum absolute atomic E-state index is 0.116. The molecule has 4 nitrogen and oxygen atoms in total. The Morgan fingerprint density at radius 3 is 2.83 bits per heavy atom. The molecular weight excluding hydrogens is 318 g/mol. The van der Waals surface area contributed by atoms with Crippen LogP contribution in [0.1, 0.15) is 18.4 Å². The molecular formula is C12H16BrNO3S. The molecule has 2 rings (SSSR count). The lowest BCUT2D eigenvalue weighted by molar-refractivity contribution is 0.213. The standard InChI is InChI=1S/C12H16BrNO3S/c1-9-7-10(13)4-5-12(9)18(16,17)14-6-2-3-11(14)8-15/h4-5,7,11,15H,2-3,6,8H2,1H3/t11-/m0/s1. The molecule has 1 fully saturated rings. The van der Waals surface area contributed by atoms with E-state index in [0.29, 0.717) is 17.0 Å². The molecule has 6 heteroatoms. The second-order valence-electron chi connectivity index (χ2n) is 4.50. The molecule has 1 aromatic rings. The van der Waals surface area contributed by atoms with Crippen molar-refractivity contribution in [2.75, 3.05) is 13.2 Å². The van der Waals surface area contributed by atoms with Gasteiger partial charge in [-0.2, -0.15) is 4.31 Å². The smallest absolute Gasteiger partial charge is 0.243 e. The molecule has 1 atom stereocenters. The van der Waals surface area contributed by atoms with Crippen LogP contribution in [0.25, 0.3) is 0 Å². The summed E-state index contributed by atoms with van der Waals surface area (Å²) < 4.78 is 27.4. The third-order valence-corrected chi connectivity index (χ3v) is 5.86. The quantitative estimate of drug-likeness (QED) is 0.919. The van der Waals surface area contributed by atoms with Gasteiger partial charge in [-0.3, -0.25) is 0 Å². The van der Waals surface area contributed by atoms with Crippen molar-refractivity contribution < 1.29 is 13.5 Å². The molecule has 0 aliphatic carbocycles. The van der Waals surface area contributed by atoms with E-state index in [1.807, 2.05) is 0 Å². The van der Waals surface area contributed by atoms with Gasteiger partial charge in [0.1, 0.15) is 0 Å². The molecule has 0 amide bonds. The highest BCUT2D eigenvalue weighted by molar-refractivity contribution is 9.10. The normalized spacial score (nSPS) is 21.4. The van der Waals surface area contributed by atoms with Crippen molar-refractivity contribution in [3.63, 3.8) is 0 Å². The van der Waals surface area contributed by atoms with Crippen LogP contribution < -0.4 is 0 Å². The zero-order valence-corrected chi connectivity index (χ0v) is 12.5. The molecule has 1 aliphatic heterocycles. The first-order valence-corrected chi connectivity index (χ1v) is 8.09. The van der Waals surface area contributed by atoms with Gasteiger partial charge in [0, 0.05) is 17.1 Å². The van der Waals surface area contributed by atoms with Gasteiger partial charge in [-0.15, -0.1) is 0 Å². The van der Waals surface area contributed by atoms with Crippen LogP contribution >= 0.6 is 15.9 Å². The molecule has 1 aliphatic rings. The molecule has 100 valence electrons. The minimum Gasteiger partial charge on any atom is -0.395 e. The van der Waals surface area contributed by atoms with Crippen LogP contribution in [-0.2, 0) is 10.0 Å². The van der Waals surface area contributed by atoms with Gasteiger partial charge in [-0.05, 0) is 43.5 Å². The van der Waals surface area contributed by atoms with Gasteiger partial charge < -0.3 is 5.11 Å². The number of sulfonamides is 1. The van der Waals surface area contributed by atoms with E-state index in [1.165, 1.54) is 4.31 Å². The maximum Gasteiger partial charge on any atom is 0.243 e. The molecule has 0 bridgehead atoms. The largest absolute Gasteiger partial charge is 0.395 e. The van der Waals surface area contributed by atoms with Crippen molar-refractivity contribution in [3.8, 4) is 0 Å². The Morgan fingerprint density at radius 1 is 1.50 bits per heavy atom.